The average Bonchev–Trinajstić information content (AvgIpc) is 3.11. The van der Waals surface area contributed by atoms with Gasteiger partial charge in [0.05, 0.1) is 18.0 Å². The third-order valence-corrected chi connectivity index (χ3v) is 5.47. The highest BCUT2D eigenvalue weighted by molar-refractivity contribution is 8.01. The fourth-order valence-electron chi connectivity index (χ4n) is 2.25. The molecule has 1 amide bonds. The van der Waals surface area contributed by atoms with E-state index in [-0.39, 0.29) is 11.7 Å². The number of carbonyl (C=O) groups is 1. The Hall–Kier alpha value is -2.58. The normalized spacial score (nSPS) is 10.4. The summed E-state index contributed by atoms with van der Waals surface area (Å²) in [5.74, 6) is 0.968. The molecule has 0 aliphatic carbocycles. The van der Waals surface area contributed by atoms with E-state index in [1.165, 1.54) is 23.1 Å². The van der Waals surface area contributed by atoms with Crippen molar-refractivity contribution in [2.45, 2.75) is 18.2 Å². The lowest BCUT2D eigenvalue weighted by Gasteiger charge is -2.09. The second kappa shape index (κ2) is 9.38. The topological polar surface area (TPSA) is 76.1 Å². The van der Waals surface area contributed by atoms with Crippen molar-refractivity contribution in [3.05, 3.63) is 54.1 Å². The number of amides is 1. The summed E-state index contributed by atoms with van der Waals surface area (Å²) in [6.07, 6.45) is 0. The molecule has 0 bridgehead atoms. The molecule has 0 saturated heterocycles. The zero-order valence-corrected chi connectivity index (χ0v) is 16.7. The molecule has 27 heavy (non-hydrogen) atoms. The molecule has 0 aliphatic rings. The maximum Gasteiger partial charge on any atom is 0.234 e. The predicted molar refractivity (Wildman–Crippen MR) is 111 cm³/mol. The number of nitrogens with one attached hydrogen (secondary N) is 2. The van der Waals surface area contributed by atoms with Crippen molar-refractivity contribution in [3.63, 3.8) is 0 Å². The predicted octanol–water partition coefficient (Wildman–Crippen LogP) is 4.72. The Morgan fingerprint density at radius 2 is 1.93 bits per heavy atom. The summed E-state index contributed by atoms with van der Waals surface area (Å²) in [6, 6.07) is 15.4. The van der Waals surface area contributed by atoms with Crippen LogP contribution >= 0.6 is 23.1 Å². The molecule has 1 aromatic heterocycles. The van der Waals surface area contributed by atoms with Crippen molar-refractivity contribution in [1.82, 2.24) is 10.2 Å². The van der Waals surface area contributed by atoms with E-state index in [0.717, 1.165) is 27.0 Å². The van der Waals surface area contributed by atoms with E-state index in [9.17, 15) is 4.79 Å². The van der Waals surface area contributed by atoms with Gasteiger partial charge >= 0.3 is 0 Å². The lowest BCUT2D eigenvalue weighted by atomic mass is 10.2. The van der Waals surface area contributed by atoms with Crippen LogP contribution < -0.4 is 15.4 Å². The number of nitrogens with zero attached hydrogens (tertiary/aromatic N) is 2. The standard InChI is InChI=1S/C19H20N4O2S2/c1-3-25-16-7-5-4-6-15(16)21-18-22-23-19(27-18)26-12-17(24)20-14-10-8-13(2)9-11-14/h4-11H,3,12H2,1-2H3,(H,20,24)(H,21,22). The van der Waals surface area contributed by atoms with Gasteiger partial charge in [-0.3, -0.25) is 4.79 Å². The number of anilines is 3. The van der Waals surface area contributed by atoms with Crippen LogP contribution in [0.5, 0.6) is 5.75 Å². The van der Waals surface area contributed by atoms with Crippen LogP contribution in [0.3, 0.4) is 0 Å². The molecule has 1 heterocycles. The number of ether oxygens (including phenoxy) is 1. The molecule has 0 spiro atoms. The van der Waals surface area contributed by atoms with Gasteiger partial charge in [0, 0.05) is 5.69 Å². The van der Waals surface area contributed by atoms with Gasteiger partial charge in [0.25, 0.3) is 0 Å². The van der Waals surface area contributed by atoms with Crippen LogP contribution in [0.4, 0.5) is 16.5 Å². The minimum Gasteiger partial charge on any atom is -0.492 e. The first-order valence-electron chi connectivity index (χ1n) is 8.45. The van der Waals surface area contributed by atoms with Crippen LogP contribution in [-0.4, -0.2) is 28.5 Å². The molecule has 0 aliphatic heterocycles. The molecule has 0 fully saturated rings. The molecule has 6 nitrogen and oxygen atoms in total. The molecular weight excluding hydrogens is 380 g/mol. The van der Waals surface area contributed by atoms with E-state index in [1.807, 2.05) is 62.4 Å². The Kier molecular flexibility index (Phi) is 6.67. The molecule has 8 heteroatoms. The van der Waals surface area contributed by atoms with Crippen LogP contribution in [0.15, 0.2) is 52.9 Å². The van der Waals surface area contributed by atoms with Gasteiger partial charge < -0.3 is 15.4 Å². The van der Waals surface area contributed by atoms with Crippen molar-refractivity contribution in [2.75, 3.05) is 23.0 Å². The van der Waals surface area contributed by atoms with Crippen LogP contribution in [0.2, 0.25) is 0 Å². The first kappa shape index (κ1) is 19.2. The summed E-state index contributed by atoms with van der Waals surface area (Å²) in [4.78, 5) is 12.1. The van der Waals surface area contributed by atoms with Gasteiger partial charge in [0.15, 0.2) is 4.34 Å². The number of para-hydroxylation sites is 2. The van der Waals surface area contributed by atoms with E-state index in [1.54, 1.807) is 0 Å². The quantitative estimate of drug-likeness (QED) is 0.533. The molecule has 2 N–H and O–H groups in total. The Morgan fingerprint density at radius 1 is 1.15 bits per heavy atom. The van der Waals surface area contributed by atoms with Crippen molar-refractivity contribution >= 4 is 45.5 Å². The Morgan fingerprint density at radius 3 is 2.70 bits per heavy atom. The summed E-state index contributed by atoms with van der Waals surface area (Å²) in [6.45, 7) is 4.54. The first-order valence-corrected chi connectivity index (χ1v) is 10.3. The number of aryl methyl sites for hydroxylation is 1. The lowest BCUT2D eigenvalue weighted by molar-refractivity contribution is -0.113. The zero-order valence-electron chi connectivity index (χ0n) is 15.1. The molecular formula is C19H20N4O2S2. The van der Waals surface area contributed by atoms with Gasteiger partial charge in [-0.05, 0) is 38.1 Å². The maximum absolute atomic E-state index is 12.1. The summed E-state index contributed by atoms with van der Waals surface area (Å²) in [5, 5.41) is 15.0. The fourth-order valence-corrected chi connectivity index (χ4v) is 3.81. The van der Waals surface area contributed by atoms with Crippen molar-refractivity contribution in [3.8, 4) is 5.75 Å². The smallest absolute Gasteiger partial charge is 0.234 e. The highest BCUT2D eigenvalue weighted by Gasteiger charge is 2.10. The lowest BCUT2D eigenvalue weighted by Crippen LogP contribution is -2.13. The maximum atomic E-state index is 12.1. The van der Waals surface area contributed by atoms with Gasteiger partial charge in [-0.25, -0.2) is 0 Å². The highest BCUT2D eigenvalue weighted by Crippen LogP contribution is 2.31. The van der Waals surface area contributed by atoms with Gasteiger partial charge in [0.2, 0.25) is 11.0 Å². The summed E-state index contributed by atoms with van der Waals surface area (Å²) in [7, 11) is 0. The Balaban J connectivity index is 1.53. The average molecular weight is 401 g/mol. The summed E-state index contributed by atoms with van der Waals surface area (Å²) in [5.41, 5.74) is 2.78. The molecule has 2 aromatic carbocycles. The number of thioether (sulfide) groups is 1. The van der Waals surface area contributed by atoms with E-state index >= 15 is 0 Å². The summed E-state index contributed by atoms with van der Waals surface area (Å²) >= 11 is 2.76. The number of hydrogen-bond donors (Lipinski definition) is 2. The number of hydrogen-bond acceptors (Lipinski definition) is 7. The minimum atomic E-state index is -0.0738. The van der Waals surface area contributed by atoms with Gasteiger partial charge in [0.1, 0.15) is 5.75 Å². The Labute approximate surface area is 166 Å². The second-order valence-corrected chi connectivity index (χ2v) is 7.83. The molecule has 0 radical (unpaired) electrons. The molecule has 140 valence electrons. The molecule has 0 atom stereocenters. The van der Waals surface area contributed by atoms with E-state index in [0.29, 0.717) is 11.7 Å². The highest BCUT2D eigenvalue weighted by atomic mass is 32.2. The molecule has 3 rings (SSSR count). The number of aromatic nitrogens is 2. The fraction of sp³-hybridized carbons (Fsp3) is 0.211. The number of rotatable bonds is 8. The van der Waals surface area contributed by atoms with E-state index in [2.05, 4.69) is 20.8 Å². The zero-order chi connectivity index (χ0) is 19.1. The van der Waals surface area contributed by atoms with Gasteiger partial charge in [-0.2, -0.15) is 0 Å². The summed E-state index contributed by atoms with van der Waals surface area (Å²) < 4.78 is 6.32. The third-order valence-electron chi connectivity index (χ3n) is 3.50. The minimum absolute atomic E-state index is 0.0738. The second-order valence-electron chi connectivity index (χ2n) is 5.63. The largest absolute Gasteiger partial charge is 0.492 e. The molecule has 3 aromatic rings. The van der Waals surface area contributed by atoms with Crippen molar-refractivity contribution < 1.29 is 9.53 Å². The number of carbonyl (C=O) groups excluding carboxylic acids is 1. The third kappa shape index (κ3) is 5.70. The molecule has 0 unspecified atom stereocenters. The molecule has 0 saturated carbocycles. The van der Waals surface area contributed by atoms with Crippen LogP contribution in [-0.2, 0) is 4.79 Å². The van der Waals surface area contributed by atoms with Crippen LogP contribution in [0.1, 0.15) is 12.5 Å². The monoisotopic (exact) mass is 400 g/mol. The SMILES string of the molecule is CCOc1ccccc1Nc1nnc(SCC(=O)Nc2ccc(C)cc2)s1. The first-order chi connectivity index (χ1) is 13.1. The van der Waals surface area contributed by atoms with E-state index < -0.39 is 0 Å². The van der Waals surface area contributed by atoms with Gasteiger partial charge in [-0.15, -0.1) is 10.2 Å². The van der Waals surface area contributed by atoms with E-state index in [4.69, 9.17) is 4.74 Å². The van der Waals surface area contributed by atoms with Crippen LogP contribution in [0.25, 0.3) is 0 Å². The number of benzene rings is 2. The Bertz CT molecular complexity index is 897. The van der Waals surface area contributed by atoms with Crippen molar-refractivity contribution in [1.29, 1.82) is 0 Å². The van der Waals surface area contributed by atoms with Crippen molar-refractivity contribution in [2.24, 2.45) is 0 Å². The van der Waals surface area contributed by atoms with Gasteiger partial charge in [-0.1, -0.05) is 52.9 Å². The van der Waals surface area contributed by atoms with Crippen LogP contribution in [0, 0.1) is 6.92 Å².